The van der Waals surface area contributed by atoms with Crippen LogP contribution in [0.25, 0.3) is 0 Å². The van der Waals surface area contributed by atoms with Gasteiger partial charge in [-0.05, 0) is 46.0 Å². The highest BCUT2D eigenvalue weighted by Crippen LogP contribution is 2.23. The van der Waals surface area contributed by atoms with Gasteiger partial charge in [0, 0.05) is 6.42 Å². The summed E-state index contributed by atoms with van der Waals surface area (Å²) in [5, 5.41) is 0. The quantitative estimate of drug-likeness (QED) is 0.429. The molecule has 0 aromatic heterocycles. The summed E-state index contributed by atoms with van der Waals surface area (Å²) in [5.41, 5.74) is 3.06. The van der Waals surface area contributed by atoms with Crippen LogP contribution in [-0.2, 0) is 0 Å². The van der Waals surface area contributed by atoms with Crippen LogP contribution in [0.2, 0.25) is 0 Å². The van der Waals surface area contributed by atoms with Crippen molar-refractivity contribution >= 4 is 0 Å². The van der Waals surface area contributed by atoms with Crippen LogP contribution in [0.15, 0.2) is 23.3 Å². The van der Waals surface area contributed by atoms with Crippen molar-refractivity contribution in [3.05, 3.63) is 23.3 Å². The third-order valence-electron chi connectivity index (χ3n) is 2.86. The van der Waals surface area contributed by atoms with Crippen LogP contribution in [0.1, 0.15) is 60.3 Å². The van der Waals surface area contributed by atoms with E-state index in [1.54, 1.807) is 5.57 Å². The van der Waals surface area contributed by atoms with Crippen LogP contribution in [0, 0.1) is 17.8 Å². The van der Waals surface area contributed by atoms with Gasteiger partial charge in [-0.15, -0.1) is 11.8 Å². The zero-order valence-electron chi connectivity index (χ0n) is 11.6. The summed E-state index contributed by atoms with van der Waals surface area (Å²) in [6.07, 6.45) is 8.99. The minimum Gasteiger partial charge on any atom is -0.107 e. The Bertz CT molecular complexity index is 290. The fraction of sp³-hybridized carbons (Fsp3) is 0.625. The van der Waals surface area contributed by atoms with E-state index in [0.29, 0.717) is 5.92 Å². The largest absolute Gasteiger partial charge is 0.107 e. The average molecular weight is 218 g/mol. The van der Waals surface area contributed by atoms with Crippen molar-refractivity contribution in [3.63, 3.8) is 0 Å². The van der Waals surface area contributed by atoms with Crippen molar-refractivity contribution in [2.45, 2.75) is 60.3 Å². The molecule has 0 aromatic rings. The minimum absolute atomic E-state index is 0.660. The molecule has 90 valence electrons. The third kappa shape index (κ3) is 6.51. The molecule has 0 bridgehead atoms. The Kier molecular flexibility index (Phi) is 8.72. The molecule has 0 saturated heterocycles. The van der Waals surface area contributed by atoms with Gasteiger partial charge in [0.15, 0.2) is 0 Å². The summed E-state index contributed by atoms with van der Waals surface area (Å²) in [6, 6.07) is 0. The minimum atomic E-state index is 0.660. The third-order valence-corrected chi connectivity index (χ3v) is 2.86. The maximum absolute atomic E-state index is 3.15. The Morgan fingerprint density at radius 1 is 1.25 bits per heavy atom. The van der Waals surface area contributed by atoms with Crippen LogP contribution in [0.4, 0.5) is 0 Å². The predicted octanol–water partition coefficient (Wildman–Crippen LogP) is 5.12. The van der Waals surface area contributed by atoms with Crippen LogP contribution in [-0.4, -0.2) is 0 Å². The van der Waals surface area contributed by atoms with Crippen LogP contribution in [0.5, 0.6) is 0 Å². The number of allylic oxidation sites excluding steroid dienone is 4. The monoisotopic (exact) mass is 218 g/mol. The van der Waals surface area contributed by atoms with Gasteiger partial charge < -0.3 is 0 Å². The molecule has 16 heavy (non-hydrogen) atoms. The van der Waals surface area contributed by atoms with E-state index < -0.39 is 0 Å². The van der Waals surface area contributed by atoms with E-state index in [1.165, 1.54) is 12.0 Å². The summed E-state index contributed by atoms with van der Waals surface area (Å²) in [7, 11) is 0. The molecule has 0 radical (unpaired) electrons. The van der Waals surface area contributed by atoms with E-state index in [0.717, 1.165) is 19.3 Å². The molecule has 0 rings (SSSR count). The first-order valence-electron chi connectivity index (χ1n) is 6.34. The van der Waals surface area contributed by atoms with Gasteiger partial charge in [0.1, 0.15) is 0 Å². The van der Waals surface area contributed by atoms with Crippen LogP contribution >= 0.6 is 0 Å². The normalized spacial score (nSPS) is 12.1. The second-order valence-electron chi connectivity index (χ2n) is 4.48. The molecule has 0 nitrogen and oxygen atoms in total. The topological polar surface area (TPSA) is 0 Å². The zero-order chi connectivity index (χ0) is 12.4. The second-order valence-corrected chi connectivity index (χ2v) is 4.48. The first kappa shape index (κ1) is 15.0. The maximum Gasteiger partial charge on any atom is 0.00941 e. The van der Waals surface area contributed by atoms with E-state index in [2.05, 4.69) is 51.7 Å². The molecule has 0 spiro atoms. The summed E-state index contributed by atoms with van der Waals surface area (Å²) < 4.78 is 0. The maximum atomic E-state index is 3.15. The van der Waals surface area contributed by atoms with E-state index in [4.69, 9.17) is 0 Å². The summed E-state index contributed by atoms with van der Waals surface area (Å²) in [6.45, 7) is 10.9. The molecular weight excluding hydrogens is 192 g/mol. The Morgan fingerprint density at radius 3 is 2.44 bits per heavy atom. The lowest BCUT2D eigenvalue weighted by molar-refractivity contribution is 0.609. The zero-order valence-corrected chi connectivity index (χ0v) is 11.6. The van der Waals surface area contributed by atoms with Gasteiger partial charge >= 0.3 is 0 Å². The second kappa shape index (κ2) is 9.28. The number of rotatable bonds is 6. The first-order chi connectivity index (χ1) is 7.63. The molecule has 1 atom stereocenters. The summed E-state index contributed by atoms with van der Waals surface area (Å²) in [4.78, 5) is 0. The Hall–Kier alpha value is -0.960. The van der Waals surface area contributed by atoms with Gasteiger partial charge in [-0.1, -0.05) is 37.1 Å². The molecule has 1 unspecified atom stereocenters. The summed E-state index contributed by atoms with van der Waals surface area (Å²) in [5.74, 6) is 6.77. The predicted molar refractivity (Wildman–Crippen MR) is 74.3 cm³/mol. The van der Waals surface area contributed by atoms with Gasteiger partial charge in [0.2, 0.25) is 0 Å². The lowest BCUT2D eigenvalue weighted by Gasteiger charge is -2.15. The number of hydrogen-bond donors (Lipinski definition) is 0. The molecule has 0 aliphatic carbocycles. The van der Waals surface area contributed by atoms with Gasteiger partial charge in [-0.3, -0.25) is 0 Å². The summed E-state index contributed by atoms with van der Waals surface area (Å²) >= 11 is 0. The number of hydrogen-bond acceptors (Lipinski definition) is 0. The molecule has 0 aliphatic heterocycles. The SMILES string of the molecule is CC#CCCC(C)C(CC=CCC)=C(C)C. The smallest absolute Gasteiger partial charge is 0.00941 e. The highest BCUT2D eigenvalue weighted by atomic mass is 14.1. The van der Waals surface area contributed by atoms with Crippen molar-refractivity contribution in [2.75, 3.05) is 0 Å². The van der Waals surface area contributed by atoms with Gasteiger partial charge in [0.05, 0.1) is 0 Å². The Balaban J connectivity index is 4.35. The molecule has 0 heteroatoms. The van der Waals surface area contributed by atoms with Crippen molar-refractivity contribution < 1.29 is 0 Å². The lowest BCUT2D eigenvalue weighted by Crippen LogP contribution is -2.00. The van der Waals surface area contributed by atoms with Gasteiger partial charge in [-0.25, -0.2) is 0 Å². The van der Waals surface area contributed by atoms with E-state index in [1.807, 2.05) is 6.92 Å². The van der Waals surface area contributed by atoms with E-state index >= 15 is 0 Å². The Labute approximate surface area is 102 Å². The van der Waals surface area contributed by atoms with Gasteiger partial charge in [-0.2, -0.15) is 0 Å². The van der Waals surface area contributed by atoms with E-state index in [9.17, 15) is 0 Å². The molecule has 0 aliphatic rings. The highest BCUT2D eigenvalue weighted by Gasteiger charge is 2.08. The molecule has 0 N–H and O–H groups in total. The molecular formula is C16H26. The average Bonchev–Trinajstić information content (AvgIpc) is 2.24. The van der Waals surface area contributed by atoms with Crippen molar-refractivity contribution in [1.82, 2.24) is 0 Å². The fourth-order valence-electron chi connectivity index (χ4n) is 1.86. The highest BCUT2D eigenvalue weighted by molar-refractivity contribution is 5.16. The molecule has 0 aromatic carbocycles. The standard InChI is InChI=1S/C16H26/c1-6-8-10-12-15(5)16(14(3)4)13-11-9-7-2/h9,11,15H,7,10,12-13H2,1-5H3. The van der Waals surface area contributed by atoms with Crippen LogP contribution in [0.3, 0.4) is 0 Å². The molecule has 0 saturated carbocycles. The molecule has 0 amide bonds. The first-order valence-corrected chi connectivity index (χ1v) is 6.34. The fourth-order valence-corrected chi connectivity index (χ4v) is 1.86. The van der Waals surface area contributed by atoms with Gasteiger partial charge in [0.25, 0.3) is 0 Å². The molecule has 0 heterocycles. The lowest BCUT2D eigenvalue weighted by atomic mass is 9.90. The van der Waals surface area contributed by atoms with E-state index in [-0.39, 0.29) is 0 Å². The van der Waals surface area contributed by atoms with Crippen molar-refractivity contribution in [3.8, 4) is 11.8 Å². The Morgan fingerprint density at radius 2 is 1.94 bits per heavy atom. The van der Waals surface area contributed by atoms with Crippen LogP contribution < -0.4 is 0 Å². The molecule has 0 fully saturated rings. The van der Waals surface area contributed by atoms with Crippen molar-refractivity contribution in [2.24, 2.45) is 5.92 Å². The van der Waals surface area contributed by atoms with Crippen molar-refractivity contribution in [1.29, 1.82) is 0 Å².